The van der Waals surface area contributed by atoms with Crippen molar-refractivity contribution in [3.05, 3.63) is 56.5 Å². The molecule has 0 aliphatic heterocycles. The van der Waals surface area contributed by atoms with Crippen molar-refractivity contribution in [1.82, 2.24) is 5.32 Å². The second kappa shape index (κ2) is 5.61. The highest BCUT2D eigenvalue weighted by Crippen LogP contribution is 2.32. The van der Waals surface area contributed by atoms with Crippen LogP contribution >= 0.6 is 22.9 Å². The number of benzene rings is 1. The van der Waals surface area contributed by atoms with Gasteiger partial charge in [-0.05, 0) is 48.6 Å². The van der Waals surface area contributed by atoms with Gasteiger partial charge in [0.2, 0.25) is 0 Å². The predicted octanol–water partition coefficient (Wildman–Crippen LogP) is 4.36. The minimum atomic E-state index is -0.0631. The molecule has 1 aromatic heterocycles. The Hall–Kier alpha value is -0.900. The number of thiophene rings is 1. The monoisotopic (exact) mass is 295 g/mol. The molecule has 0 amide bonds. The summed E-state index contributed by atoms with van der Waals surface area (Å²) in [5.74, 6) is -0.0631. The van der Waals surface area contributed by atoms with E-state index in [0.29, 0.717) is 6.04 Å². The molecule has 0 saturated carbocycles. The van der Waals surface area contributed by atoms with Gasteiger partial charge in [-0.1, -0.05) is 23.7 Å². The molecule has 1 N–H and O–H groups in total. The lowest BCUT2D eigenvalue weighted by Crippen LogP contribution is -2.21. The van der Waals surface area contributed by atoms with E-state index in [1.165, 1.54) is 4.88 Å². The Balaban J connectivity index is 1.59. The van der Waals surface area contributed by atoms with Gasteiger partial charge in [-0.15, -0.1) is 11.3 Å². The molecule has 1 aliphatic rings. The maximum atomic E-state index is 13.6. The molecule has 4 heteroatoms. The van der Waals surface area contributed by atoms with Crippen LogP contribution in [0.2, 0.25) is 4.34 Å². The Morgan fingerprint density at radius 3 is 3.00 bits per heavy atom. The highest BCUT2D eigenvalue weighted by atomic mass is 35.5. The number of fused-ring (bicyclic) bond motifs is 1. The maximum Gasteiger partial charge on any atom is 0.126 e. The average Bonchev–Trinajstić information content (AvgIpc) is 2.98. The van der Waals surface area contributed by atoms with Gasteiger partial charge in [-0.2, -0.15) is 0 Å². The first-order chi connectivity index (χ1) is 9.24. The van der Waals surface area contributed by atoms with Crippen molar-refractivity contribution in [1.29, 1.82) is 0 Å². The minimum absolute atomic E-state index is 0.0631. The Morgan fingerprint density at radius 1 is 1.32 bits per heavy atom. The molecule has 1 unspecified atom stereocenters. The normalized spacial score (nSPS) is 17.7. The zero-order valence-electron chi connectivity index (χ0n) is 10.5. The van der Waals surface area contributed by atoms with Crippen LogP contribution < -0.4 is 5.32 Å². The molecule has 1 aromatic carbocycles. The molecule has 2 aromatic rings. The van der Waals surface area contributed by atoms with E-state index in [1.807, 2.05) is 12.1 Å². The minimum Gasteiger partial charge on any atom is -0.310 e. The molecule has 3 rings (SSSR count). The van der Waals surface area contributed by atoms with E-state index in [-0.39, 0.29) is 5.82 Å². The molecular weight excluding hydrogens is 281 g/mol. The number of hydrogen-bond donors (Lipinski definition) is 1. The van der Waals surface area contributed by atoms with Gasteiger partial charge in [-0.3, -0.25) is 0 Å². The zero-order valence-corrected chi connectivity index (χ0v) is 12.0. The molecule has 0 saturated heterocycles. The van der Waals surface area contributed by atoms with Crippen molar-refractivity contribution in [3.63, 3.8) is 0 Å². The van der Waals surface area contributed by atoms with Gasteiger partial charge in [0.1, 0.15) is 5.82 Å². The quantitative estimate of drug-likeness (QED) is 0.884. The lowest BCUT2D eigenvalue weighted by molar-refractivity contribution is 0.535. The summed E-state index contributed by atoms with van der Waals surface area (Å²) in [6.07, 6.45) is 2.80. The van der Waals surface area contributed by atoms with Crippen LogP contribution in [0.3, 0.4) is 0 Å². The topological polar surface area (TPSA) is 12.0 Å². The third-order valence-electron chi connectivity index (χ3n) is 3.60. The smallest absolute Gasteiger partial charge is 0.126 e. The van der Waals surface area contributed by atoms with E-state index in [2.05, 4.69) is 11.4 Å². The van der Waals surface area contributed by atoms with E-state index in [9.17, 15) is 4.39 Å². The number of nitrogens with one attached hydrogen (secondary N) is 1. The molecule has 0 fully saturated rings. The number of rotatable bonds is 4. The standard InChI is InChI=1S/C15H15ClFNS/c16-15-7-4-10(19-15)8-9-18-14-6-5-11-12(14)2-1-3-13(11)17/h1-4,7,14,18H,5-6,8-9H2. The van der Waals surface area contributed by atoms with Gasteiger partial charge < -0.3 is 5.32 Å². The predicted molar refractivity (Wildman–Crippen MR) is 78.5 cm³/mol. The number of halogens is 2. The van der Waals surface area contributed by atoms with Crippen LogP contribution in [-0.4, -0.2) is 6.54 Å². The van der Waals surface area contributed by atoms with Crippen molar-refractivity contribution >= 4 is 22.9 Å². The van der Waals surface area contributed by atoms with E-state index < -0.39 is 0 Å². The Kier molecular flexibility index (Phi) is 3.87. The van der Waals surface area contributed by atoms with Crippen LogP contribution in [0.15, 0.2) is 30.3 Å². The van der Waals surface area contributed by atoms with Crippen LogP contribution in [0.1, 0.15) is 28.5 Å². The van der Waals surface area contributed by atoms with Crippen molar-refractivity contribution in [2.75, 3.05) is 6.54 Å². The third-order valence-corrected chi connectivity index (χ3v) is 4.90. The zero-order chi connectivity index (χ0) is 13.2. The molecule has 100 valence electrons. The van der Waals surface area contributed by atoms with Gasteiger partial charge in [0.05, 0.1) is 4.34 Å². The number of hydrogen-bond acceptors (Lipinski definition) is 2. The fourth-order valence-electron chi connectivity index (χ4n) is 2.68. The van der Waals surface area contributed by atoms with E-state index in [0.717, 1.165) is 41.3 Å². The molecule has 1 aliphatic carbocycles. The Bertz CT molecular complexity index is 581. The highest BCUT2D eigenvalue weighted by Gasteiger charge is 2.23. The van der Waals surface area contributed by atoms with Gasteiger partial charge in [0.25, 0.3) is 0 Å². The molecule has 0 bridgehead atoms. The molecule has 0 radical (unpaired) electrons. The highest BCUT2D eigenvalue weighted by molar-refractivity contribution is 7.16. The van der Waals surface area contributed by atoms with E-state index in [1.54, 1.807) is 23.5 Å². The molecule has 1 atom stereocenters. The van der Waals surface area contributed by atoms with Crippen LogP contribution in [0.5, 0.6) is 0 Å². The van der Waals surface area contributed by atoms with E-state index in [4.69, 9.17) is 11.6 Å². The third kappa shape index (κ3) is 2.83. The lowest BCUT2D eigenvalue weighted by atomic mass is 10.1. The summed E-state index contributed by atoms with van der Waals surface area (Å²) in [4.78, 5) is 1.29. The van der Waals surface area contributed by atoms with Gasteiger partial charge >= 0.3 is 0 Å². The second-order valence-electron chi connectivity index (χ2n) is 4.81. The summed E-state index contributed by atoms with van der Waals surface area (Å²) in [6, 6.07) is 9.67. The summed E-state index contributed by atoms with van der Waals surface area (Å²) in [5, 5.41) is 3.52. The van der Waals surface area contributed by atoms with Gasteiger partial charge in [0.15, 0.2) is 0 Å². The summed E-state index contributed by atoms with van der Waals surface area (Å²) >= 11 is 7.53. The largest absolute Gasteiger partial charge is 0.310 e. The van der Waals surface area contributed by atoms with Crippen molar-refractivity contribution in [2.24, 2.45) is 0 Å². The first-order valence-electron chi connectivity index (χ1n) is 6.49. The molecular formula is C15H15ClFNS. The summed E-state index contributed by atoms with van der Waals surface area (Å²) in [7, 11) is 0. The lowest BCUT2D eigenvalue weighted by Gasteiger charge is -2.13. The molecule has 1 nitrogen and oxygen atoms in total. The van der Waals surface area contributed by atoms with Crippen LogP contribution in [0.25, 0.3) is 0 Å². The molecule has 1 heterocycles. The van der Waals surface area contributed by atoms with Crippen molar-refractivity contribution < 1.29 is 4.39 Å². The fraction of sp³-hybridized carbons (Fsp3) is 0.333. The molecule has 19 heavy (non-hydrogen) atoms. The SMILES string of the molecule is Fc1cccc2c1CCC2NCCc1ccc(Cl)s1. The van der Waals surface area contributed by atoms with Crippen molar-refractivity contribution in [3.8, 4) is 0 Å². The second-order valence-corrected chi connectivity index (χ2v) is 6.61. The molecule has 0 spiro atoms. The summed E-state index contributed by atoms with van der Waals surface area (Å²) in [5.41, 5.74) is 2.02. The first-order valence-corrected chi connectivity index (χ1v) is 7.68. The average molecular weight is 296 g/mol. The summed E-state index contributed by atoms with van der Waals surface area (Å²) < 4.78 is 14.4. The van der Waals surface area contributed by atoms with E-state index >= 15 is 0 Å². The Labute approximate surface area is 121 Å². The Morgan fingerprint density at radius 2 is 2.21 bits per heavy atom. The first kappa shape index (κ1) is 13.1. The van der Waals surface area contributed by atoms with Crippen molar-refractivity contribution in [2.45, 2.75) is 25.3 Å². The van der Waals surface area contributed by atoms with Gasteiger partial charge in [-0.25, -0.2) is 4.39 Å². The van der Waals surface area contributed by atoms with Crippen LogP contribution in [0.4, 0.5) is 4.39 Å². The summed E-state index contributed by atoms with van der Waals surface area (Å²) in [6.45, 7) is 0.900. The van der Waals surface area contributed by atoms with Gasteiger partial charge in [0, 0.05) is 17.5 Å². The van der Waals surface area contributed by atoms with Crippen LogP contribution in [-0.2, 0) is 12.8 Å². The van der Waals surface area contributed by atoms with Crippen LogP contribution in [0, 0.1) is 5.82 Å². The maximum absolute atomic E-state index is 13.6. The fourth-order valence-corrected chi connectivity index (χ4v) is 3.76.